The summed E-state index contributed by atoms with van der Waals surface area (Å²) in [5.41, 5.74) is 1.06. The van der Waals surface area contributed by atoms with E-state index in [0.717, 1.165) is 6.42 Å². The molecule has 1 aliphatic carbocycles. The van der Waals surface area contributed by atoms with E-state index in [-0.39, 0.29) is 17.9 Å². The zero-order valence-corrected chi connectivity index (χ0v) is 14.5. The summed E-state index contributed by atoms with van der Waals surface area (Å²) in [6.07, 6.45) is 5.26. The Balaban J connectivity index is 2.00. The number of hydrogen-bond donors (Lipinski definition) is 3. The first kappa shape index (κ1) is 18.7. The van der Waals surface area contributed by atoms with Crippen LogP contribution in [0.2, 0.25) is 0 Å². The molecule has 0 spiro atoms. The van der Waals surface area contributed by atoms with Crippen molar-refractivity contribution in [1.82, 2.24) is 5.32 Å². The molecule has 0 radical (unpaired) electrons. The molecule has 1 aliphatic rings. The Labute approximate surface area is 147 Å². The minimum absolute atomic E-state index is 0.0965. The van der Waals surface area contributed by atoms with Crippen LogP contribution >= 0.6 is 0 Å². The number of rotatable bonds is 6. The Kier molecular flexibility index (Phi) is 6.33. The van der Waals surface area contributed by atoms with Crippen molar-refractivity contribution in [3.05, 3.63) is 42.0 Å². The maximum Gasteiger partial charge on any atom is 0.307 e. The van der Waals surface area contributed by atoms with Gasteiger partial charge in [-0.25, -0.2) is 0 Å². The fraction of sp³-hybridized carbons (Fsp3) is 0.421. The van der Waals surface area contributed by atoms with Gasteiger partial charge in [0.1, 0.15) is 0 Å². The van der Waals surface area contributed by atoms with Gasteiger partial charge in [0.2, 0.25) is 5.91 Å². The zero-order valence-electron chi connectivity index (χ0n) is 14.5. The van der Waals surface area contributed by atoms with Crippen LogP contribution in [0.3, 0.4) is 0 Å². The number of nitrogens with one attached hydrogen (secondary N) is 2. The van der Waals surface area contributed by atoms with Gasteiger partial charge in [-0.1, -0.05) is 19.1 Å². The number of aliphatic carboxylic acids is 1. The summed E-state index contributed by atoms with van der Waals surface area (Å²) in [6, 6.07) is 6.68. The molecule has 3 unspecified atom stereocenters. The van der Waals surface area contributed by atoms with Crippen LogP contribution in [0.25, 0.3) is 0 Å². The van der Waals surface area contributed by atoms with Crippen molar-refractivity contribution in [1.29, 1.82) is 0 Å². The maximum absolute atomic E-state index is 12.4. The third-order valence-corrected chi connectivity index (χ3v) is 4.49. The average molecular weight is 344 g/mol. The number of anilines is 1. The van der Waals surface area contributed by atoms with Gasteiger partial charge in [-0.15, -0.1) is 0 Å². The van der Waals surface area contributed by atoms with Gasteiger partial charge in [-0.3, -0.25) is 14.4 Å². The molecule has 0 fully saturated rings. The molecule has 6 nitrogen and oxygen atoms in total. The molecule has 6 heteroatoms. The Morgan fingerprint density at radius 3 is 2.28 bits per heavy atom. The Morgan fingerprint density at radius 1 is 1.12 bits per heavy atom. The second kappa shape index (κ2) is 8.46. The zero-order chi connectivity index (χ0) is 18.4. The molecule has 0 saturated carbocycles. The number of carbonyl (C=O) groups excluding carboxylic acids is 2. The van der Waals surface area contributed by atoms with Crippen molar-refractivity contribution in [3.63, 3.8) is 0 Å². The lowest BCUT2D eigenvalue weighted by atomic mass is 9.82. The van der Waals surface area contributed by atoms with E-state index in [0.29, 0.717) is 24.1 Å². The van der Waals surface area contributed by atoms with E-state index in [2.05, 4.69) is 10.6 Å². The molecule has 0 aromatic heterocycles. The van der Waals surface area contributed by atoms with E-state index in [4.69, 9.17) is 0 Å². The summed E-state index contributed by atoms with van der Waals surface area (Å²) < 4.78 is 0. The van der Waals surface area contributed by atoms with Crippen molar-refractivity contribution in [3.8, 4) is 0 Å². The minimum Gasteiger partial charge on any atom is -0.481 e. The summed E-state index contributed by atoms with van der Waals surface area (Å²) in [4.78, 5) is 35.7. The Bertz CT molecular complexity index is 667. The van der Waals surface area contributed by atoms with Crippen molar-refractivity contribution < 1.29 is 19.5 Å². The second-order valence-corrected chi connectivity index (χ2v) is 6.34. The largest absolute Gasteiger partial charge is 0.481 e. The monoisotopic (exact) mass is 344 g/mol. The van der Waals surface area contributed by atoms with Crippen molar-refractivity contribution in [2.75, 3.05) is 5.32 Å². The Morgan fingerprint density at radius 2 is 1.72 bits per heavy atom. The molecule has 3 atom stereocenters. The van der Waals surface area contributed by atoms with Crippen LogP contribution in [0.5, 0.6) is 0 Å². The van der Waals surface area contributed by atoms with Gasteiger partial charge in [0.25, 0.3) is 5.91 Å². The fourth-order valence-corrected chi connectivity index (χ4v) is 2.73. The van der Waals surface area contributed by atoms with Gasteiger partial charge in [-0.05, 0) is 50.5 Å². The van der Waals surface area contributed by atoms with E-state index in [9.17, 15) is 19.5 Å². The lowest BCUT2D eigenvalue weighted by Crippen LogP contribution is -2.34. The van der Waals surface area contributed by atoms with Crippen molar-refractivity contribution in [2.24, 2.45) is 11.8 Å². The molecule has 1 aromatic rings. The Hall–Kier alpha value is -2.63. The van der Waals surface area contributed by atoms with E-state index in [1.54, 1.807) is 30.3 Å². The molecule has 0 saturated heterocycles. The number of allylic oxidation sites excluding steroid dienone is 2. The number of hydrogen-bond acceptors (Lipinski definition) is 3. The molecule has 2 amide bonds. The molecule has 1 aromatic carbocycles. The summed E-state index contributed by atoms with van der Waals surface area (Å²) in [6.45, 7) is 3.93. The quantitative estimate of drug-likeness (QED) is 0.692. The predicted octanol–water partition coefficient (Wildman–Crippen LogP) is 2.82. The van der Waals surface area contributed by atoms with Crippen molar-refractivity contribution in [2.45, 2.75) is 39.2 Å². The molecule has 3 N–H and O–H groups in total. The van der Waals surface area contributed by atoms with Gasteiger partial charge < -0.3 is 15.7 Å². The van der Waals surface area contributed by atoms with Gasteiger partial charge in [0.15, 0.2) is 0 Å². The molecule has 0 bridgehead atoms. The molecule has 0 heterocycles. The average Bonchev–Trinajstić information content (AvgIpc) is 2.62. The van der Waals surface area contributed by atoms with Gasteiger partial charge in [0.05, 0.1) is 11.8 Å². The number of carbonyl (C=O) groups is 3. The number of carboxylic acid groups (broad SMARTS) is 1. The van der Waals surface area contributed by atoms with E-state index >= 15 is 0 Å². The van der Waals surface area contributed by atoms with Crippen LogP contribution in [-0.4, -0.2) is 28.9 Å². The molecular formula is C19H24N2O4. The van der Waals surface area contributed by atoms with Crippen LogP contribution in [-0.2, 0) is 9.59 Å². The highest BCUT2D eigenvalue weighted by atomic mass is 16.4. The summed E-state index contributed by atoms with van der Waals surface area (Å²) >= 11 is 0. The third kappa shape index (κ3) is 4.92. The van der Waals surface area contributed by atoms with Crippen LogP contribution in [0.1, 0.15) is 43.5 Å². The molecule has 134 valence electrons. The van der Waals surface area contributed by atoms with E-state index in [1.165, 1.54) is 0 Å². The highest BCUT2D eigenvalue weighted by Gasteiger charge is 2.33. The third-order valence-electron chi connectivity index (χ3n) is 4.49. The highest BCUT2D eigenvalue weighted by molar-refractivity contribution is 5.97. The summed E-state index contributed by atoms with van der Waals surface area (Å²) in [5.74, 6) is -2.72. The number of benzene rings is 1. The summed E-state index contributed by atoms with van der Waals surface area (Å²) in [7, 11) is 0. The van der Waals surface area contributed by atoms with E-state index in [1.807, 2.05) is 19.9 Å². The summed E-state index contributed by atoms with van der Waals surface area (Å²) in [5, 5.41) is 14.9. The normalized spacial score (nSPS) is 20.6. The minimum atomic E-state index is -0.957. The first-order valence-electron chi connectivity index (χ1n) is 8.52. The second-order valence-electron chi connectivity index (χ2n) is 6.34. The van der Waals surface area contributed by atoms with Gasteiger partial charge in [0, 0.05) is 17.3 Å². The predicted molar refractivity (Wildman–Crippen MR) is 95.3 cm³/mol. The lowest BCUT2D eigenvalue weighted by molar-refractivity contribution is -0.146. The SMILES string of the molecule is CCC(C)NC(=O)c1ccc(NC(=O)C2CC=CCC2C(=O)O)cc1. The van der Waals surface area contributed by atoms with Crippen LogP contribution in [0.15, 0.2) is 36.4 Å². The number of carboxylic acids is 1. The highest BCUT2D eigenvalue weighted by Crippen LogP contribution is 2.27. The van der Waals surface area contributed by atoms with Crippen LogP contribution < -0.4 is 10.6 Å². The first-order valence-corrected chi connectivity index (χ1v) is 8.52. The molecular weight excluding hydrogens is 320 g/mol. The topological polar surface area (TPSA) is 95.5 Å². The first-order chi connectivity index (χ1) is 11.9. The van der Waals surface area contributed by atoms with E-state index < -0.39 is 17.8 Å². The molecule has 0 aliphatic heterocycles. The maximum atomic E-state index is 12.4. The van der Waals surface area contributed by atoms with Crippen molar-refractivity contribution >= 4 is 23.5 Å². The smallest absolute Gasteiger partial charge is 0.307 e. The fourth-order valence-electron chi connectivity index (χ4n) is 2.73. The molecule has 25 heavy (non-hydrogen) atoms. The van der Waals surface area contributed by atoms with Crippen LogP contribution in [0, 0.1) is 11.8 Å². The lowest BCUT2D eigenvalue weighted by Gasteiger charge is -2.24. The number of amides is 2. The standard InChI is InChI=1S/C19H24N2O4/c1-3-12(2)20-17(22)13-8-10-14(11-9-13)21-18(23)15-6-4-5-7-16(15)19(24)25/h4-5,8-12,15-16H,3,6-7H2,1-2H3,(H,20,22)(H,21,23)(H,24,25). The molecule has 2 rings (SSSR count). The van der Waals surface area contributed by atoms with Gasteiger partial charge >= 0.3 is 5.97 Å². The van der Waals surface area contributed by atoms with Gasteiger partial charge in [-0.2, -0.15) is 0 Å². The van der Waals surface area contributed by atoms with Crippen LogP contribution in [0.4, 0.5) is 5.69 Å².